The van der Waals surface area contributed by atoms with Gasteiger partial charge >= 0.3 is 0 Å². The Labute approximate surface area is 82.6 Å². The molecule has 0 radical (unpaired) electrons. The van der Waals surface area contributed by atoms with E-state index in [9.17, 15) is 0 Å². The second kappa shape index (κ2) is 3.66. The van der Waals surface area contributed by atoms with Gasteiger partial charge in [-0.3, -0.25) is 0 Å². The van der Waals surface area contributed by atoms with Gasteiger partial charge in [-0.15, -0.1) is 0 Å². The van der Waals surface area contributed by atoms with Crippen molar-refractivity contribution in [3.63, 3.8) is 0 Å². The maximum absolute atomic E-state index is 5.37. The van der Waals surface area contributed by atoms with E-state index in [1.807, 2.05) is 20.8 Å². The lowest BCUT2D eigenvalue weighted by molar-refractivity contribution is 0.981. The van der Waals surface area contributed by atoms with Gasteiger partial charge in [0.15, 0.2) is 5.11 Å². The fraction of sp³-hybridized carbons (Fsp3) is 0.375. The average Bonchev–Trinajstić information content (AvgIpc) is 1.96. The van der Waals surface area contributed by atoms with Crippen LogP contribution in [0.1, 0.15) is 17.2 Å². The molecule has 70 valence electrons. The lowest BCUT2D eigenvalue weighted by atomic mass is 10.3. The number of nitrogens with zero attached hydrogens (tertiary/aromatic N) is 2. The molecule has 0 aliphatic carbocycles. The van der Waals surface area contributed by atoms with Crippen molar-refractivity contribution in [1.82, 2.24) is 9.97 Å². The first-order valence-corrected chi connectivity index (χ1v) is 4.30. The van der Waals surface area contributed by atoms with Crippen molar-refractivity contribution in [2.75, 3.05) is 5.32 Å². The lowest BCUT2D eigenvalue weighted by Crippen LogP contribution is -2.21. The Hall–Kier alpha value is -1.23. The zero-order valence-electron chi connectivity index (χ0n) is 7.88. The van der Waals surface area contributed by atoms with Crippen LogP contribution in [0.3, 0.4) is 0 Å². The van der Waals surface area contributed by atoms with Gasteiger partial charge in [-0.05, 0) is 33.0 Å². The highest BCUT2D eigenvalue weighted by Gasteiger charge is 2.05. The maximum Gasteiger partial charge on any atom is 0.168 e. The minimum Gasteiger partial charge on any atom is -0.376 e. The summed E-state index contributed by atoms with van der Waals surface area (Å²) in [6.45, 7) is 5.63. The highest BCUT2D eigenvalue weighted by Crippen LogP contribution is 2.15. The van der Waals surface area contributed by atoms with Crippen LogP contribution < -0.4 is 11.1 Å². The predicted molar refractivity (Wildman–Crippen MR) is 56.7 cm³/mol. The standard InChI is InChI=1S/C8H12N4S/c1-4-7(12-8(9)13)5(2)11-6(3)10-4/h1-3H3,(H3,9,12,13). The Morgan fingerprint density at radius 3 is 2.08 bits per heavy atom. The van der Waals surface area contributed by atoms with E-state index in [1.54, 1.807) is 0 Å². The summed E-state index contributed by atoms with van der Waals surface area (Å²) in [4.78, 5) is 8.40. The molecular formula is C8H12N4S. The first-order chi connectivity index (χ1) is 6.00. The monoisotopic (exact) mass is 196 g/mol. The molecule has 3 N–H and O–H groups in total. The van der Waals surface area contributed by atoms with Gasteiger partial charge in [-0.1, -0.05) is 0 Å². The van der Waals surface area contributed by atoms with E-state index in [-0.39, 0.29) is 5.11 Å². The van der Waals surface area contributed by atoms with Crippen molar-refractivity contribution in [3.05, 3.63) is 17.2 Å². The molecule has 0 amide bonds. The van der Waals surface area contributed by atoms with Crippen LogP contribution >= 0.6 is 12.2 Å². The number of hydrogen-bond acceptors (Lipinski definition) is 3. The molecule has 0 aliphatic rings. The molecule has 0 aromatic carbocycles. The molecule has 1 aromatic rings. The van der Waals surface area contributed by atoms with Gasteiger partial charge in [0.25, 0.3) is 0 Å². The van der Waals surface area contributed by atoms with E-state index in [1.165, 1.54) is 0 Å². The molecule has 0 bridgehead atoms. The topological polar surface area (TPSA) is 63.8 Å². The molecule has 0 atom stereocenters. The molecule has 0 aliphatic heterocycles. The second-order valence-electron chi connectivity index (χ2n) is 2.81. The van der Waals surface area contributed by atoms with Gasteiger partial charge in [-0.25, -0.2) is 9.97 Å². The summed E-state index contributed by atoms with van der Waals surface area (Å²) in [6.07, 6.45) is 0. The third-order valence-electron chi connectivity index (χ3n) is 1.63. The normalized spacial score (nSPS) is 9.77. The van der Waals surface area contributed by atoms with Crippen LogP contribution in [0.15, 0.2) is 0 Å². The Morgan fingerprint density at radius 1 is 1.23 bits per heavy atom. The summed E-state index contributed by atoms with van der Waals surface area (Å²) in [5, 5.41) is 3.09. The molecule has 5 heteroatoms. The minimum atomic E-state index is 0.235. The summed E-state index contributed by atoms with van der Waals surface area (Å²) in [5.41, 5.74) is 7.89. The van der Waals surface area contributed by atoms with Crippen molar-refractivity contribution in [2.24, 2.45) is 5.73 Å². The zero-order chi connectivity index (χ0) is 10.0. The minimum absolute atomic E-state index is 0.235. The molecule has 13 heavy (non-hydrogen) atoms. The number of rotatable bonds is 1. The van der Waals surface area contributed by atoms with Crippen molar-refractivity contribution in [2.45, 2.75) is 20.8 Å². The quantitative estimate of drug-likeness (QED) is 0.657. The Balaban J connectivity index is 3.13. The molecule has 0 fully saturated rings. The van der Waals surface area contributed by atoms with E-state index in [0.717, 1.165) is 22.9 Å². The number of nitrogens with two attached hydrogens (primary N) is 1. The van der Waals surface area contributed by atoms with Crippen LogP contribution in [0, 0.1) is 20.8 Å². The number of nitrogens with one attached hydrogen (secondary N) is 1. The summed E-state index contributed by atoms with van der Waals surface area (Å²) >= 11 is 4.74. The lowest BCUT2D eigenvalue weighted by Gasteiger charge is -2.09. The van der Waals surface area contributed by atoms with Crippen LogP contribution in [0.4, 0.5) is 5.69 Å². The predicted octanol–water partition coefficient (Wildman–Crippen LogP) is 1.06. The molecule has 0 unspecified atom stereocenters. The first-order valence-electron chi connectivity index (χ1n) is 3.89. The van der Waals surface area contributed by atoms with E-state index in [0.29, 0.717) is 0 Å². The fourth-order valence-electron chi connectivity index (χ4n) is 1.19. The molecule has 0 saturated heterocycles. The molecular weight excluding hydrogens is 184 g/mol. The third-order valence-corrected chi connectivity index (χ3v) is 1.73. The van der Waals surface area contributed by atoms with Crippen LogP contribution in [-0.4, -0.2) is 15.1 Å². The first kappa shape index (κ1) is 9.85. The van der Waals surface area contributed by atoms with Crippen molar-refractivity contribution in [1.29, 1.82) is 0 Å². The van der Waals surface area contributed by atoms with Crippen LogP contribution in [0.2, 0.25) is 0 Å². The molecule has 0 spiro atoms. The molecule has 1 rings (SSSR count). The Kier molecular flexibility index (Phi) is 2.77. The Morgan fingerprint density at radius 2 is 1.69 bits per heavy atom. The number of thiocarbonyl (C=S) groups is 1. The number of aromatic nitrogens is 2. The number of hydrogen-bond donors (Lipinski definition) is 2. The summed E-state index contributed by atoms with van der Waals surface area (Å²) in [5.74, 6) is 0.753. The molecule has 4 nitrogen and oxygen atoms in total. The summed E-state index contributed by atoms with van der Waals surface area (Å²) < 4.78 is 0. The SMILES string of the molecule is Cc1nc(C)c(NC(N)=S)c(C)n1. The molecule has 1 heterocycles. The number of aryl methyl sites for hydroxylation is 3. The number of anilines is 1. The van der Waals surface area contributed by atoms with Crippen molar-refractivity contribution >= 4 is 23.0 Å². The largest absolute Gasteiger partial charge is 0.376 e. The van der Waals surface area contributed by atoms with E-state index in [4.69, 9.17) is 18.0 Å². The molecule has 1 aromatic heterocycles. The molecule has 0 saturated carbocycles. The Bertz CT molecular complexity index is 325. The van der Waals surface area contributed by atoms with E-state index < -0.39 is 0 Å². The van der Waals surface area contributed by atoms with Crippen LogP contribution in [0.25, 0.3) is 0 Å². The van der Waals surface area contributed by atoms with Gasteiger partial charge < -0.3 is 11.1 Å². The van der Waals surface area contributed by atoms with E-state index in [2.05, 4.69) is 15.3 Å². The maximum atomic E-state index is 5.37. The highest BCUT2D eigenvalue weighted by molar-refractivity contribution is 7.80. The van der Waals surface area contributed by atoms with Crippen LogP contribution in [-0.2, 0) is 0 Å². The summed E-state index contributed by atoms with van der Waals surface area (Å²) in [7, 11) is 0. The van der Waals surface area contributed by atoms with Gasteiger partial charge in [0.1, 0.15) is 5.82 Å². The van der Waals surface area contributed by atoms with Gasteiger partial charge in [0.2, 0.25) is 0 Å². The van der Waals surface area contributed by atoms with Crippen molar-refractivity contribution in [3.8, 4) is 0 Å². The average molecular weight is 196 g/mol. The van der Waals surface area contributed by atoms with Crippen LogP contribution in [0.5, 0.6) is 0 Å². The second-order valence-corrected chi connectivity index (χ2v) is 3.25. The van der Waals surface area contributed by atoms with Crippen molar-refractivity contribution < 1.29 is 0 Å². The fourth-order valence-corrected chi connectivity index (χ4v) is 1.29. The smallest absolute Gasteiger partial charge is 0.168 e. The van der Waals surface area contributed by atoms with E-state index >= 15 is 0 Å². The zero-order valence-corrected chi connectivity index (χ0v) is 8.70. The summed E-state index contributed by atoms with van der Waals surface area (Å²) in [6, 6.07) is 0. The third kappa shape index (κ3) is 2.35. The van der Waals surface area contributed by atoms with Gasteiger partial charge in [0.05, 0.1) is 17.1 Å². The highest BCUT2D eigenvalue weighted by atomic mass is 32.1. The van der Waals surface area contributed by atoms with Gasteiger partial charge in [0, 0.05) is 0 Å². The van der Waals surface area contributed by atoms with Gasteiger partial charge in [-0.2, -0.15) is 0 Å².